The highest BCUT2D eigenvalue weighted by molar-refractivity contribution is 5.99. The van der Waals surface area contributed by atoms with E-state index >= 15 is 0 Å². The second-order valence-corrected chi connectivity index (χ2v) is 16.7. The minimum Gasteiger partial charge on any atom is -0.504 e. The van der Waals surface area contributed by atoms with Gasteiger partial charge in [0.05, 0.1) is 18.2 Å². The number of amides is 2. The number of hydrogen-bond donors (Lipinski definition) is 4. The third-order valence-corrected chi connectivity index (χ3v) is 10.5. The summed E-state index contributed by atoms with van der Waals surface area (Å²) in [5.41, 5.74) is 1.24. The molecular formula is C41H57N5O7. The molecule has 12 heteroatoms. The number of guanidine groups is 1. The fourth-order valence-electron chi connectivity index (χ4n) is 8.04. The molecule has 12 nitrogen and oxygen atoms in total. The number of carbonyl (C=O) groups excluding carboxylic acids is 2. The minimum absolute atomic E-state index is 0.0558. The third kappa shape index (κ3) is 8.54. The molecule has 1 aromatic heterocycles. The van der Waals surface area contributed by atoms with Crippen molar-refractivity contribution in [2.24, 2.45) is 0 Å². The Kier molecular flexibility index (Phi) is 11.4. The smallest absolute Gasteiger partial charge is 0.417 e. The number of aromatic nitrogens is 1. The van der Waals surface area contributed by atoms with Crippen LogP contribution in [0.4, 0.5) is 9.59 Å². The number of nitrogens with zero attached hydrogens (tertiary/aromatic N) is 3. The van der Waals surface area contributed by atoms with Crippen molar-refractivity contribution >= 4 is 29.0 Å². The van der Waals surface area contributed by atoms with E-state index in [0.29, 0.717) is 31.4 Å². The van der Waals surface area contributed by atoms with Crippen LogP contribution < -0.4 is 10.1 Å². The number of alkyl carbamates (subject to hydrolysis) is 1. The number of methoxy groups -OCH3 is 1. The highest BCUT2D eigenvalue weighted by Crippen LogP contribution is 2.57. The number of aryl methyl sites for hydroxylation is 1. The first-order valence-electron chi connectivity index (χ1n) is 18.6. The zero-order chi connectivity index (χ0) is 38.9. The molecule has 2 amide bonds. The number of hydrogen-bond acceptors (Lipinski definition) is 10. The van der Waals surface area contributed by atoms with Crippen LogP contribution in [0.2, 0.25) is 0 Å². The number of rotatable bonds is 9. The van der Waals surface area contributed by atoms with Gasteiger partial charge in [-0.3, -0.25) is 20.6 Å². The van der Waals surface area contributed by atoms with Gasteiger partial charge in [0.25, 0.3) is 0 Å². The predicted molar refractivity (Wildman–Crippen MR) is 205 cm³/mol. The molecule has 1 aliphatic heterocycles. The number of carbonyl (C=O) groups is 2. The number of unbranched alkanes of at least 4 members (excludes halogenated alkanes) is 2. The number of aromatic hydroxyl groups is 1. The SMILES string of the molecule is COc1c(O)ccc2c1C1(Cc3nc4ccccc4cc3C)CCN(CCCCCN(C(=N)NC(=O)OC(C)(C)C)C(=O)OC(C)(C)C)C(C2)C1(C)O. The highest BCUT2D eigenvalue weighted by atomic mass is 16.6. The number of aliphatic hydroxyl groups is 1. The van der Waals surface area contributed by atoms with Gasteiger partial charge in [-0.25, -0.2) is 14.5 Å². The molecule has 53 heavy (non-hydrogen) atoms. The monoisotopic (exact) mass is 731 g/mol. The number of ether oxygens (including phenoxy) is 3. The van der Waals surface area contributed by atoms with Crippen LogP contribution in [0.15, 0.2) is 42.5 Å². The molecule has 3 aromatic rings. The first kappa shape index (κ1) is 39.8. The average molecular weight is 732 g/mol. The Hall–Kier alpha value is -4.42. The van der Waals surface area contributed by atoms with Crippen LogP contribution >= 0.6 is 0 Å². The van der Waals surface area contributed by atoms with Gasteiger partial charge in [0.15, 0.2) is 11.5 Å². The Morgan fingerprint density at radius 3 is 2.43 bits per heavy atom. The fraction of sp³-hybridized carbons (Fsp3) is 0.561. The molecule has 2 bridgehead atoms. The molecule has 2 aromatic carbocycles. The predicted octanol–water partition coefficient (Wildman–Crippen LogP) is 6.99. The molecular weight excluding hydrogens is 674 g/mol. The van der Waals surface area contributed by atoms with Crippen molar-refractivity contribution in [1.82, 2.24) is 20.1 Å². The van der Waals surface area contributed by atoms with Crippen LogP contribution in [0, 0.1) is 12.3 Å². The molecule has 0 spiro atoms. The molecule has 1 aliphatic carbocycles. The summed E-state index contributed by atoms with van der Waals surface area (Å²) in [5, 5.41) is 35.7. The van der Waals surface area contributed by atoms with Crippen LogP contribution in [0.1, 0.15) is 96.5 Å². The molecule has 5 rings (SSSR count). The number of phenols is 1. The van der Waals surface area contributed by atoms with Gasteiger partial charge in [-0.15, -0.1) is 0 Å². The summed E-state index contributed by atoms with van der Waals surface area (Å²) in [5.74, 6) is 0.0603. The Labute approximate surface area is 313 Å². The Bertz CT molecular complexity index is 1850. The number of pyridine rings is 1. The molecule has 3 unspecified atom stereocenters. The molecule has 4 N–H and O–H groups in total. The number of piperidine rings is 1. The lowest BCUT2D eigenvalue weighted by molar-refractivity contribution is -0.135. The topological polar surface area (TPSA) is 158 Å². The zero-order valence-electron chi connectivity index (χ0n) is 32.8. The molecule has 0 saturated carbocycles. The Morgan fingerprint density at radius 2 is 1.75 bits per heavy atom. The number of likely N-dealkylation sites (tertiary alicyclic amines) is 1. The lowest BCUT2D eigenvalue weighted by atomic mass is 9.53. The fourth-order valence-corrected chi connectivity index (χ4v) is 8.04. The first-order chi connectivity index (χ1) is 24.8. The summed E-state index contributed by atoms with van der Waals surface area (Å²) in [7, 11) is 1.57. The van der Waals surface area contributed by atoms with E-state index in [-0.39, 0.29) is 18.3 Å². The van der Waals surface area contributed by atoms with Crippen LogP contribution in [0.3, 0.4) is 0 Å². The van der Waals surface area contributed by atoms with E-state index in [0.717, 1.165) is 64.1 Å². The lowest BCUT2D eigenvalue weighted by Crippen LogP contribution is -2.71. The third-order valence-electron chi connectivity index (χ3n) is 10.5. The summed E-state index contributed by atoms with van der Waals surface area (Å²) in [6.07, 6.45) is 2.22. The van der Waals surface area contributed by atoms with Gasteiger partial charge >= 0.3 is 12.2 Å². The van der Waals surface area contributed by atoms with Gasteiger partial charge in [0.2, 0.25) is 5.96 Å². The van der Waals surface area contributed by atoms with Gasteiger partial charge in [-0.2, -0.15) is 0 Å². The number of benzene rings is 2. The maximum absolute atomic E-state index is 13.1. The van der Waals surface area contributed by atoms with E-state index < -0.39 is 40.4 Å². The summed E-state index contributed by atoms with van der Waals surface area (Å²) in [6, 6.07) is 13.6. The van der Waals surface area contributed by atoms with Crippen molar-refractivity contribution in [3.8, 4) is 11.5 Å². The summed E-state index contributed by atoms with van der Waals surface area (Å²) in [4.78, 5) is 34.1. The Morgan fingerprint density at radius 1 is 1.06 bits per heavy atom. The first-order valence-corrected chi connectivity index (χ1v) is 18.6. The quantitative estimate of drug-likeness (QED) is 0.104. The second-order valence-electron chi connectivity index (χ2n) is 16.7. The van der Waals surface area contributed by atoms with Crippen LogP contribution in [0.5, 0.6) is 11.5 Å². The van der Waals surface area contributed by atoms with Crippen molar-refractivity contribution in [3.05, 3.63) is 64.8 Å². The number of fused-ring (bicyclic) bond motifs is 5. The molecule has 0 radical (unpaired) electrons. The van der Waals surface area contributed by atoms with Crippen molar-refractivity contribution in [2.45, 2.75) is 122 Å². The van der Waals surface area contributed by atoms with E-state index in [1.54, 1.807) is 54.7 Å². The van der Waals surface area contributed by atoms with Crippen LogP contribution in [-0.4, -0.2) is 92.7 Å². The zero-order valence-corrected chi connectivity index (χ0v) is 32.8. The molecule has 1 saturated heterocycles. The van der Waals surface area contributed by atoms with Gasteiger partial charge in [-0.05, 0) is 123 Å². The van der Waals surface area contributed by atoms with E-state index in [1.165, 1.54) is 0 Å². The number of phenolic OH excluding ortho intramolecular Hbond substituents is 1. The van der Waals surface area contributed by atoms with E-state index in [2.05, 4.69) is 29.3 Å². The average Bonchev–Trinajstić information content (AvgIpc) is 3.03. The van der Waals surface area contributed by atoms with Crippen molar-refractivity contribution in [1.29, 1.82) is 5.41 Å². The summed E-state index contributed by atoms with van der Waals surface area (Å²) < 4.78 is 16.7. The van der Waals surface area contributed by atoms with Gasteiger partial charge in [0, 0.05) is 41.1 Å². The normalized spacial score (nSPS) is 21.4. The molecule has 1 fully saturated rings. The summed E-state index contributed by atoms with van der Waals surface area (Å²) in [6.45, 7) is 16.0. The molecule has 3 atom stereocenters. The second kappa shape index (κ2) is 15.1. The van der Waals surface area contributed by atoms with Gasteiger partial charge in [-0.1, -0.05) is 30.7 Å². The standard InChI is InChI=1S/C41H57N5O7/c1-26-23-27-15-11-12-16-29(27)43-30(26)25-41-19-22-45(32(40(41,8)50)24-28-17-18-31(47)34(51-9)33(28)41)20-13-10-14-21-46(37(49)53-39(5,6)7)35(42)44-36(48)52-38(2,3)4/h11-12,15-18,23,32,47,50H,10,13-14,19-22,24-25H2,1-9H3,(H2,42,44,48). The molecule has 2 heterocycles. The van der Waals surface area contributed by atoms with E-state index in [1.807, 2.05) is 31.2 Å². The largest absolute Gasteiger partial charge is 0.504 e. The van der Waals surface area contributed by atoms with E-state index in [4.69, 9.17) is 24.6 Å². The number of nitrogens with one attached hydrogen (secondary N) is 2. The highest BCUT2D eigenvalue weighted by Gasteiger charge is 2.61. The Balaban J connectivity index is 1.33. The maximum atomic E-state index is 13.1. The van der Waals surface area contributed by atoms with Crippen LogP contribution in [-0.2, 0) is 27.7 Å². The van der Waals surface area contributed by atoms with Gasteiger partial charge in [0.1, 0.15) is 11.2 Å². The van der Waals surface area contributed by atoms with Crippen LogP contribution in [0.25, 0.3) is 10.9 Å². The summed E-state index contributed by atoms with van der Waals surface area (Å²) >= 11 is 0. The van der Waals surface area contributed by atoms with E-state index in [9.17, 15) is 19.8 Å². The van der Waals surface area contributed by atoms with Crippen molar-refractivity contribution in [3.63, 3.8) is 0 Å². The molecule has 2 aliphatic rings. The van der Waals surface area contributed by atoms with Crippen molar-refractivity contribution < 1.29 is 34.0 Å². The van der Waals surface area contributed by atoms with Crippen molar-refractivity contribution in [2.75, 3.05) is 26.7 Å². The number of para-hydroxylation sites is 1. The minimum atomic E-state index is -1.20. The molecule has 288 valence electrons. The van der Waals surface area contributed by atoms with Gasteiger partial charge < -0.3 is 24.4 Å². The maximum Gasteiger partial charge on any atom is 0.417 e. The lowest BCUT2D eigenvalue weighted by Gasteiger charge is -2.61.